The number of aliphatic hydroxyl groups excluding tert-OH is 1. The highest BCUT2D eigenvalue weighted by Gasteiger charge is 2.46. The molecule has 3 aromatic rings. The minimum Gasteiger partial charge on any atom is -0.493 e. The molecule has 7 nitrogen and oxygen atoms in total. The molecule has 2 heterocycles. The second kappa shape index (κ2) is 9.95. The Morgan fingerprint density at radius 3 is 2.60 bits per heavy atom. The molecule has 0 radical (unpaired) electrons. The van der Waals surface area contributed by atoms with Crippen LogP contribution in [0.1, 0.15) is 41.4 Å². The molecule has 2 aromatic carbocycles. The summed E-state index contributed by atoms with van der Waals surface area (Å²) in [5.74, 6) is 7.95. The molecule has 1 aliphatic carbocycles. The van der Waals surface area contributed by atoms with Crippen LogP contribution in [0.15, 0.2) is 54.7 Å². The summed E-state index contributed by atoms with van der Waals surface area (Å²) >= 11 is 0. The first kappa shape index (κ1) is 23.2. The van der Waals surface area contributed by atoms with E-state index in [9.17, 15) is 5.11 Å². The Hall–Kier alpha value is -3.60. The molecule has 1 aromatic heterocycles. The van der Waals surface area contributed by atoms with Crippen molar-refractivity contribution < 1.29 is 14.6 Å². The predicted octanol–water partition coefficient (Wildman–Crippen LogP) is 3.25. The van der Waals surface area contributed by atoms with Crippen molar-refractivity contribution in [2.24, 2.45) is 11.1 Å². The van der Waals surface area contributed by atoms with Gasteiger partial charge in [0, 0.05) is 19.1 Å². The van der Waals surface area contributed by atoms with Gasteiger partial charge in [-0.3, -0.25) is 0 Å². The van der Waals surface area contributed by atoms with E-state index in [1.165, 1.54) is 11.1 Å². The van der Waals surface area contributed by atoms with E-state index < -0.39 is 0 Å². The molecule has 1 spiro atoms. The van der Waals surface area contributed by atoms with Crippen molar-refractivity contribution in [2.75, 3.05) is 31.7 Å². The molecule has 180 valence electrons. The first-order valence-electron chi connectivity index (χ1n) is 11.9. The molecule has 7 heteroatoms. The highest BCUT2D eigenvalue weighted by Crippen LogP contribution is 2.51. The van der Waals surface area contributed by atoms with Gasteiger partial charge >= 0.3 is 0 Å². The lowest BCUT2D eigenvalue weighted by atomic mass is 9.73. The number of aromatic nitrogens is 2. The van der Waals surface area contributed by atoms with Crippen LogP contribution in [0, 0.1) is 17.3 Å². The Balaban J connectivity index is 1.23. The molecule has 1 saturated heterocycles. The van der Waals surface area contributed by atoms with Crippen LogP contribution in [0.4, 0.5) is 5.82 Å². The van der Waals surface area contributed by atoms with Crippen LogP contribution < -0.4 is 20.1 Å². The van der Waals surface area contributed by atoms with Gasteiger partial charge in [0.15, 0.2) is 17.3 Å². The van der Waals surface area contributed by atoms with E-state index >= 15 is 0 Å². The average molecular weight is 471 g/mol. The summed E-state index contributed by atoms with van der Waals surface area (Å²) in [5, 5.41) is 9.98. The highest BCUT2D eigenvalue weighted by molar-refractivity contribution is 5.47. The number of hydrogen-bond acceptors (Lipinski definition) is 7. The third-order valence-electron chi connectivity index (χ3n) is 7.21. The van der Waals surface area contributed by atoms with Crippen LogP contribution >= 0.6 is 0 Å². The molecule has 35 heavy (non-hydrogen) atoms. The number of nitrogens with two attached hydrogens (primary N) is 1. The maximum Gasteiger partial charge on any atom is 0.162 e. The molecule has 1 fully saturated rings. The van der Waals surface area contributed by atoms with E-state index in [1.54, 1.807) is 13.3 Å². The number of methoxy groups -OCH3 is 1. The highest BCUT2D eigenvalue weighted by atomic mass is 16.5. The molecular formula is C28H30N4O3. The van der Waals surface area contributed by atoms with Gasteiger partial charge in [0.25, 0.3) is 0 Å². The third-order valence-corrected chi connectivity index (χ3v) is 7.21. The zero-order chi connectivity index (χ0) is 24.3. The summed E-state index contributed by atoms with van der Waals surface area (Å²) in [5.41, 5.74) is 10.5. The minimum atomic E-state index is -0.192. The van der Waals surface area contributed by atoms with Gasteiger partial charge in [-0.05, 0) is 53.9 Å². The van der Waals surface area contributed by atoms with Crippen molar-refractivity contribution >= 4 is 5.82 Å². The van der Waals surface area contributed by atoms with Crippen molar-refractivity contribution in [3.05, 3.63) is 77.2 Å². The first-order chi connectivity index (χ1) is 17.1. The van der Waals surface area contributed by atoms with Gasteiger partial charge in [-0.25, -0.2) is 9.97 Å². The number of para-hydroxylation sites is 2. The van der Waals surface area contributed by atoms with E-state index in [0.717, 1.165) is 38.2 Å². The fourth-order valence-corrected chi connectivity index (χ4v) is 5.30. The number of rotatable bonds is 5. The summed E-state index contributed by atoms with van der Waals surface area (Å²) in [6.45, 7) is 1.67. The van der Waals surface area contributed by atoms with Gasteiger partial charge in [0.2, 0.25) is 0 Å². The molecule has 5 rings (SSSR count). The SMILES string of the molecule is COc1ccccc1OCC#Cc1cnc(N2CCC3(CC2)Cc2ccccc2[C@H]3N)c(CO)n1. The number of benzene rings is 2. The number of anilines is 1. The van der Waals surface area contributed by atoms with E-state index in [0.29, 0.717) is 22.9 Å². The van der Waals surface area contributed by atoms with Crippen LogP contribution in [-0.4, -0.2) is 41.9 Å². The summed E-state index contributed by atoms with van der Waals surface area (Å²) in [7, 11) is 1.60. The van der Waals surface area contributed by atoms with Crippen LogP contribution in [0.3, 0.4) is 0 Å². The lowest BCUT2D eigenvalue weighted by Gasteiger charge is -2.42. The minimum absolute atomic E-state index is 0.0694. The van der Waals surface area contributed by atoms with Crippen LogP contribution in [-0.2, 0) is 13.0 Å². The van der Waals surface area contributed by atoms with Crippen molar-refractivity contribution in [1.29, 1.82) is 0 Å². The van der Waals surface area contributed by atoms with E-state index in [-0.39, 0.29) is 24.7 Å². The van der Waals surface area contributed by atoms with Crippen LogP contribution in [0.25, 0.3) is 0 Å². The zero-order valence-corrected chi connectivity index (χ0v) is 19.9. The summed E-state index contributed by atoms with van der Waals surface area (Å²) in [6, 6.07) is 16.0. The van der Waals surface area contributed by atoms with Crippen molar-refractivity contribution in [3.8, 4) is 23.3 Å². The predicted molar refractivity (Wildman–Crippen MR) is 134 cm³/mol. The quantitative estimate of drug-likeness (QED) is 0.553. The smallest absolute Gasteiger partial charge is 0.162 e. The Kier molecular flexibility index (Phi) is 6.58. The summed E-state index contributed by atoms with van der Waals surface area (Å²) < 4.78 is 11.0. The lowest BCUT2D eigenvalue weighted by molar-refractivity contribution is 0.186. The monoisotopic (exact) mass is 470 g/mol. The number of piperidine rings is 1. The van der Waals surface area contributed by atoms with Crippen molar-refractivity contribution in [2.45, 2.75) is 31.9 Å². The van der Waals surface area contributed by atoms with Crippen molar-refractivity contribution in [1.82, 2.24) is 9.97 Å². The van der Waals surface area contributed by atoms with E-state index in [1.807, 2.05) is 24.3 Å². The fourth-order valence-electron chi connectivity index (χ4n) is 5.30. The van der Waals surface area contributed by atoms with Gasteiger partial charge in [-0.2, -0.15) is 0 Å². The number of ether oxygens (including phenoxy) is 2. The average Bonchev–Trinajstić information content (AvgIpc) is 3.18. The number of nitrogens with zero attached hydrogens (tertiary/aromatic N) is 3. The molecule has 0 amide bonds. The Morgan fingerprint density at radius 2 is 1.86 bits per heavy atom. The molecule has 2 aliphatic rings. The Morgan fingerprint density at radius 1 is 1.11 bits per heavy atom. The number of fused-ring (bicyclic) bond motifs is 1. The number of hydrogen-bond donors (Lipinski definition) is 2. The van der Waals surface area contributed by atoms with Gasteiger partial charge in [-0.1, -0.05) is 42.3 Å². The lowest BCUT2D eigenvalue weighted by Crippen LogP contribution is -2.45. The van der Waals surface area contributed by atoms with Crippen molar-refractivity contribution in [3.63, 3.8) is 0 Å². The zero-order valence-electron chi connectivity index (χ0n) is 19.9. The maximum absolute atomic E-state index is 9.98. The molecule has 1 aliphatic heterocycles. The summed E-state index contributed by atoms with van der Waals surface area (Å²) in [6.07, 6.45) is 4.66. The normalized spacial score (nSPS) is 18.0. The topological polar surface area (TPSA) is 93.7 Å². The maximum atomic E-state index is 9.98. The molecular weight excluding hydrogens is 440 g/mol. The standard InChI is InChI=1S/C28H30N4O3/c1-34-24-10-4-5-11-25(24)35-16-6-8-21-18-30-27(23(19-33)31-21)32-14-12-28(13-15-32)17-20-7-2-3-9-22(20)26(28)29/h2-5,7,9-11,18,26,33H,12-17,19,29H2,1H3/t26-/m1/s1. The third kappa shape index (κ3) is 4.55. The molecule has 0 saturated carbocycles. The fraction of sp³-hybridized carbons (Fsp3) is 0.357. The Labute approximate surface area is 205 Å². The molecule has 0 unspecified atom stereocenters. The number of aliphatic hydroxyl groups is 1. The summed E-state index contributed by atoms with van der Waals surface area (Å²) in [4.78, 5) is 11.4. The van der Waals surface area contributed by atoms with Gasteiger partial charge < -0.3 is 25.2 Å². The molecule has 1 atom stereocenters. The van der Waals surface area contributed by atoms with Gasteiger partial charge in [0.05, 0.1) is 19.9 Å². The molecule has 0 bridgehead atoms. The van der Waals surface area contributed by atoms with Crippen LogP contribution in [0.2, 0.25) is 0 Å². The van der Waals surface area contributed by atoms with Crippen LogP contribution in [0.5, 0.6) is 11.5 Å². The van der Waals surface area contributed by atoms with E-state index in [4.69, 9.17) is 15.2 Å². The van der Waals surface area contributed by atoms with Gasteiger partial charge in [0.1, 0.15) is 18.0 Å². The first-order valence-corrected chi connectivity index (χ1v) is 11.9. The largest absolute Gasteiger partial charge is 0.493 e. The molecule has 3 N–H and O–H groups in total. The second-order valence-corrected chi connectivity index (χ2v) is 9.13. The van der Waals surface area contributed by atoms with E-state index in [2.05, 4.69) is 51.0 Å². The van der Waals surface area contributed by atoms with Gasteiger partial charge in [-0.15, -0.1) is 0 Å². The Bertz CT molecular complexity index is 1260. The second-order valence-electron chi connectivity index (χ2n) is 9.13.